The van der Waals surface area contributed by atoms with Crippen molar-refractivity contribution in [1.29, 1.82) is 0 Å². The molecule has 1 amide bonds. The fourth-order valence-electron chi connectivity index (χ4n) is 2.29. The van der Waals surface area contributed by atoms with Gasteiger partial charge in [0.05, 0.1) is 32.3 Å². The van der Waals surface area contributed by atoms with Crippen LogP contribution in [0.5, 0.6) is 5.75 Å². The molecule has 7 heteroatoms. The summed E-state index contributed by atoms with van der Waals surface area (Å²) in [5, 5.41) is 6.03. The number of carbonyl (C=O) groups excluding carboxylic acids is 1. The molecule has 1 aromatic carbocycles. The van der Waals surface area contributed by atoms with Crippen LogP contribution >= 0.6 is 12.4 Å². The summed E-state index contributed by atoms with van der Waals surface area (Å²) in [6.45, 7) is 3.94. The second kappa shape index (κ2) is 8.92. The van der Waals surface area contributed by atoms with Crippen molar-refractivity contribution in [3.05, 3.63) is 29.6 Å². The molecule has 1 aromatic rings. The Kier molecular flexibility index (Phi) is 7.58. The second-order valence-corrected chi connectivity index (χ2v) is 5.08. The van der Waals surface area contributed by atoms with Gasteiger partial charge in [-0.05, 0) is 24.6 Å². The van der Waals surface area contributed by atoms with Gasteiger partial charge >= 0.3 is 0 Å². The highest BCUT2D eigenvalue weighted by atomic mass is 35.5. The van der Waals surface area contributed by atoms with E-state index in [1.54, 1.807) is 12.1 Å². The maximum Gasteiger partial charge on any atom is 0.223 e. The van der Waals surface area contributed by atoms with Crippen LogP contribution in [0.2, 0.25) is 0 Å². The minimum atomic E-state index is -0.434. The van der Waals surface area contributed by atoms with Crippen molar-refractivity contribution in [1.82, 2.24) is 10.6 Å². The minimum absolute atomic E-state index is 0. The zero-order chi connectivity index (χ0) is 15.2. The van der Waals surface area contributed by atoms with Crippen LogP contribution in [-0.4, -0.2) is 38.8 Å². The van der Waals surface area contributed by atoms with Crippen molar-refractivity contribution in [3.63, 3.8) is 0 Å². The number of benzene rings is 1. The lowest BCUT2D eigenvalue weighted by Crippen LogP contribution is -2.41. The molecule has 2 unspecified atom stereocenters. The lowest BCUT2D eigenvalue weighted by Gasteiger charge is -2.24. The number of amides is 1. The predicted octanol–water partition coefficient (Wildman–Crippen LogP) is 1.81. The molecular weight excluding hydrogens is 311 g/mol. The van der Waals surface area contributed by atoms with E-state index in [9.17, 15) is 9.18 Å². The normalized spacial score (nSPS) is 19.0. The maximum atomic E-state index is 13.7. The molecule has 22 heavy (non-hydrogen) atoms. The maximum absolute atomic E-state index is 13.7. The van der Waals surface area contributed by atoms with Crippen LogP contribution in [0.15, 0.2) is 18.2 Å². The van der Waals surface area contributed by atoms with E-state index in [2.05, 4.69) is 10.6 Å². The molecule has 0 aliphatic carbocycles. The van der Waals surface area contributed by atoms with Crippen molar-refractivity contribution in [2.75, 3.05) is 26.8 Å². The molecule has 1 heterocycles. The SMILES string of the molecule is COc1ccc(C(C)NC(=O)CC2CNCCO2)cc1F.Cl. The molecule has 1 aliphatic rings. The van der Waals surface area contributed by atoms with Crippen LogP contribution in [0.1, 0.15) is 24.9 Å². The first-order valence-electron chi connectivity index (χ1n) is 7.05. The van der Waals surface area contributed by atoms with Gasteiger partial charge in [-0.2, -0.15) is 0 Å². The quantitative estimate of drug-likeness (QED) is 0.863. The first kappa shape index (κ1) is 18.7. The van der Waals surface area contributed by atoms with E-state index >= 15 is 0 Å². The number of hydrogen-bond acceptors (Lipinski definition) is 4. The highest BCUT2D eigenvalue weighted by Crippen LogP contribution is 2.21. The van der Waals surface area contributed by atoms with Gasteiger partial charge in [0.25, 0.3) is 0 Å². The fourth-order valence-corrected chi connectivity index (χ4v) is 2.29. The smallest absolute Gasteiger partial charge is 0.223 e. The van der Waals surface area contributed by atoms with Crippen molar-refractivity contribution in [2.24, 2.45) is 0 Å². The molecule has 0 spiro atoms. The Morgan fingerprint density at radius 3 is 2.95 bits per heavy atom. The first-order valence-corrected chi connectivity index (χ1v) is 7.05. The van der Waals surface area contributed by atoms with Crippen LogP contribution in [0.25, 0.3) is 0 Å². The van der Waals surface area contributed by atoms with Crippen LogP contribution < -0.4 is 15.4 Å². The average Bonchev–Trinajstić information content (AvgIpc) is 2.48. The number of rotatable bonds is 5. The number of halogens is 2. The van der Waals surface area contributed by atoms with Crippen molar-refractivity contribution < 1.29 is 18.7 Å². The molecule has 0 aromatic heterocycles. The van der Waals surface area contributed by atoms with Crippen LogP contribution in [0.3, 0.4) is 0 Å². The predicted molar refractivity (Wildman–Crippen MR) is 84.0 cm³/mol. The summed E-state index contributed by atoms with van der Waals surface area (Å²) >= 11 is 0. The van der Waals surface area contributed by atoms with Gasteiger partial charge in [0.15, 0.2) is 11.6 Å². The molecule has 2 N–H and O–H groups in total. The summed E-state index contributed by atoms with van der Waals surface area (Å²) in [4.78, 5) is 12.0. The van der Waals surface area contributed by atoms with Gasteiger partial charge in [-0.15, -0.1) is 12.4 Å². The second-order valence-electron chi connectivity index (χ2n) is 5.08. The molecule has 0 saturated carbocycles. The van der Waals surface area contributed by atoms with Gasteiger partial charge < -0.3 is 20.1 Å². The molecule has 2 rings (SSSR count). The largest absolute Gasteiger partial charge is 0.494 e. The number of ether oxygens (including phenoxy) is 2. The summed E-state index contributed by atoms with van der Waals surface area (Å²) in [5.41, 5.74) is 0.698. The summed E-state index contributed by atoms with van der Waals surface area (Å²) < 4.78 is 24.0. The standard InChI is InChI=1S/C15H21FN2O3.ClH/c1-10(11-3-4-14(20-2)13(16)7-11)18-15(19)8-12-9-17-5-6-21-12;/h3-4,7,10,12,17H,5-6,8-9H2,1-2H3,(H,18,19);1H. The zero-order valence-corrected chi connectivity index (χ0v) is 13.5. The number of nitrogens with one attached hydrogen (secondary N) is 2. The Labute approximate surface area is 136 Å². The number of morpholine rings is 1. The van der Waals surface area contributed by atoms with Gasteiger partial charge in [-0.25, -0.2) is 4.39 Å². The molecule has 124 valence electrons. The molecule has 0 radical (unpaired) electrons. The van der Waals surface area contributed by atoms with Crippen LogP contribution in [-0.2, 0) is 9.53 Å². The zero-order valence-electron chi connectivity index (χ0n) is 12.7. The third-order valence-electron chi connectivity index (χ3n) is 3.47. The Morgan fingerprint density at radius 2 is 2.36 bits per heavy atom. The molecule has 5 nitrogen and oxygen atoms in total. The number of hydrogen-bond donors (Lipinski definition) is 2. The van der Waals surface area contributed by atoms with Gasteiger partial charge in [-0.3, -0.25) is 4.79 Å². The van der Waals surface area contributed by atoms with E-state index < -0.39 is 5.82 Å². The van der Waals surface area contributed by atoms with Gasteiger partial charge in [0, 0.05) is 13.1 Å². The summed E-state index contributed by atoms with van der Waals surface area (Å²) in [5.74, 6) is -0.345. The molecular formula is C15H22ClFN2O3. The topological polar surface area (TPSA) is 59.6 Å². The number of methoxy groups -OCH3 is 1. The summed E-state index contributed by atoms with van der Waals surface area (Å²) in [6, 6.07) is 4.41. The van der Waals surface area contributed by atoms with Gasteiger partial charge in [0.2, 0.25) is 5.91 Å². The highest BCUT2D eigenvalue weighted by Gasteiger charge is 2.19. The van der Waals surface area contributed by atoms with E-state index in [1.165, 1.54) is 13.2 Å². The van der Waals surface area contributed by atoms with Crippen LogP contribution in [0.4, 0.5) is 4.39 Å². The Morgan fingerprint density at radius 1 is 1.59 bits per heavy atom. The molecule has 0 bridgehead atoms. The molecule has 1 fully saturated rings. The van der Waals surface area contributed by atoms with E-state index in [0.717, 1.165) is 6.54 Å². The highest BCUT2D eigenvalue weighted by molar-refractivity contribution is 5.85. The fraction of sp³-hybridized carbons (Fsp3) is 0.533. The monoisotopic (exact) mass is 332 g/mol. The van der Waals surface area contributed by atoms with E-state index in [-0.39, 0.29) is 36.2 Å². The molecule has 2 atom stereocenters. The third kappa shape index (κ3) is 5.12. The van der Waals surface area contributed by atoms with Gasteiger partial charge in [-0.1, -0.05) is 6.07 Å². The average molecular weight is 333 g/mol. The lowest BCUT2D eigenvalue weighted by molar-refractivity contribution is -0.125. The Hall–Kier alpha value is -1.37. The summed E-state index contributed by atoms with van der Waals surface area (Å²) in [6.07, 6.45) is 0.203. The Balaban J connectivity index is 0.00000242. The Bertz CT molecular complexity index is 496. The van der Waals surface area contributed by atoms with E-state index in [4.69, 9.17) is 9.47 Å². The van der Waals surface area contributed by atoms with Gasteiger partial charge in [0.1, 0.15) is 0 Å². The van der Waals surface area contributed by atoms with Crippen molar-refractivity contribution in [3.8, 4) is 5.75 Å². The third-order valence-corrected chi connectivity index (χ3v) is 3.47. The summed E-state index contributed by atoms with van der Waals surface area (Å²) in [7, 11) is 1.42. The van der Waals surface area contributed by atoms with Crippen molar-refractivity contribution in [2.45, 2.75) is 25.5 Å². The lowest BCUT2D eigenvalue weighted by atomic mass is 10.1. The van der Waals surface area contributed by atoms with Crippen molar-refractivity contribution >= 4 is 18.3 Å². The van der Waals surface area contributed by atoms with Crippen LogP contribution in [0, 0.1) is 5.82 Å². The number of carbonyl (C=O) groups is 1. The first-order chi connectivity index (χ1) is 10.1. The van der Waals surface area contributed by atoms with E-state index in [0.29, 0.717) is 25.1 Å². The minimum Gasteiger partial charge on any atom is -0.494 e. The molecule has 1 saturated heterocycles. The molecule has 1 aliphatic heterocycles. The van der Waals surface area contributed by atoms with E-state index in [1.807, 2.05) is 6.92 Å².